The second-order valence-corrected chi connectivity index (χ2v) is 5.93. The van der Waals surface area contributed by atoms with Crippen LogP contribution in [0, 0.1) is 5.92 Å². The van der Waals surface area contributed by atoms with Crippen LogP contribution in [0.5, 0.6) is 0 Å². The van der Waals surface area contributed by atoms with Crippen molar-refractivity contribution in [3.8, 4) is 0 Å². The highest BCUT2D eigenvalue weighted by molar-refractivity contribution is 6.31. The number of halogens is 2. The summed E-state index contributed by atoms with van der Waals surface area (Å²) in [5.41, 5.74) is 2.04. The highest BCUT2D eigenvalue weighted by Gasteiger charge is 2.16. The Labute approximate surface area is 118 Å². The van der Waals surface area contributed by atoms with Gasteiger partial charge >= 0.3 is 0 Å². The van der Waals surface area contributed by atoms with Crippen LogP contribution in [0.2, 0.25) is 5.02 Å². The Morgan fingerprint density at radius 1 is 1.33 bits per heavy atom. The molecule has 0 saturated heterocycles. The van der Waals surface area contributed by atoms with E-state index in [2.05, 4.69) is 23.4 Å². The third kappa shape index (κ3) is 2.65. The molecule has 0 aliphatic carbocycles. The summed E-state index contributed by atoms with van der Waals surface area (Å²) in [7, 11) is 0. The van der Waals surface area contributed by atoms with Crippen LogP contribution in [0.25, 0.3) is 11.0 Å². The number of hydrogen-bond donors (Lipinski definition) is 0. The molecule has 2 rings (SSSR count). The number of alkyl halides is 1. The second kappa shape index (κ2) is 5.50. The molecule has 0 fully saturated rings. The Hall–Kier alpha value is -0.730. The number of nitrogens with zero attached hydrogens (tertiary/aromatic N) is 2. The van der Waals surface area contributed by atoms with Crippen LogP contribution in [0.1, 0.15) is 38.4 Å². The zero-order valence-electron chi connectivity index (χ0n) is 11.0. The van der Waals surface area contributed by atoms with Gasteiger partial charge in [-0.25, -0.2) is 4.98 Å². The Morgan fingerprint density at radius 2 is 2.06 bits per heavy atom. The van der Waals surface area contributed by atoms with Crippen LogP contribution in [0.4, 0.5) is 0 Å². The highest BCUT2D eigenvalue weighted by Crippen LogP contribution is 2.27. The maximum absolute atomic E-state index is 6.23. The van der Waals surface area contributed by atoms with Crippen molar-refractivity contribution in [2.24, 2.45) is 5.92 Å². The fourth-order valence-corrected chi connectivity index (χ4v) is 2.39. The summed E-state index contributed by atoms with van der Waals surface area (Å²) in [6.45, 7) is 7.34. The minimum absolute atomic E-state index is 0.0970. The molecule has 0 aliphatic heterocycles. The first kappa shape index (κ1) is 13.7. The van der Waals surface area contributed by atoms with Gasteiger partial charge in [0.25, 0.3) is 0 Å². The van der Waals surface area contributed by atoms with E-state index in [0.29, 0.717) is 10.9 Å². The number of imidazole rings is 1. The quantitative estimate of drug-likeness (QED) is 0.720. The molecule has 1 heterocycles. The van der Waals surface area contributed by atoms with Gasteiger partial charge in [0.2, 0.25) is 0 Å². The molecule has 2 nitrogen and oxygen atoms in total. The Bertz CT molecular complexity index is 546. The summed E-state index contributed by atoms with van der Waals surface area (Å²) >= 11 is 12.2. The fraction of sp³-hybridized carbons (Fsp3) is 0.500. The molecule has 4 heteroatoms. The number of hydrogen-bond acceptors (Lipinski definition) is 1. The van der Waals surface area contributed by atoms with Crippen molar-refractivity contribution in [2.45, 2.75) is 39.1 Å². The number of aromatic nitrogens is 2. The lowest BCUT2D eigenvalue weighted by Gasteiger charge is -2.14. The van der Waals surface area contributed by atoms with Gasteiger partial charge in [-0.15, -0.1) is 11.6 Å². The van der Waals surface area contributed by atoms with E-state index in [0.717, 1.165) is 29.8 Å². The van der Waals surface area contributed by atoms with Gasteiger partial charge in [0, 0.05) is 11.6 Å². The molecule has 2 atom stereocenters. The Kier molecular flexibility index (Phi) is 4.18. The first-order valence-electron chi connectivity index (χ1n) is 6.32. The van der Waals surface area contributed by atoms with Crippen LogP contribution in [0.3, 0.4) is 0 Å². The second-order valence-electron chi connectivity index (χ2n) is 4.84. The largest absolute Gasteiger partial charge is 0.326 e. The molecule has 0 aliphatic rings. The van der Waals surface area contributed by atoms with E-state index in [9.17, 15) is 0 Å². The molecule has 0 spiro atoms. The van der Waals surface area contributed by atoms with Gasteiger partial charge in [0.05, 0.1) is 16.4 Å². The monoisotopic (exact) mass is 284 g/mol. The molecule has 0 amide bonds. The summed E-state index contributed by atoms with van der Waals surface area (Å²) in [4.78, 5) is 4.61. The van der Waals surface area contributed by atoms with Gasteiger partial charge < -0.3 is 4.57 Å². The maximum atomic E-state index is 6.23. The normalized spacial score (nSPS) is 14.9. The Morgan fingerprint density at radius 3 is 2.67 bits per heavy atom. The molecule has 18 heavy (non-hydrogen) atoms. The number of rotatable bonds is 4. The third-order valence-corrected chi connectivity index (χ3v) is 3.72. The van der Waals surface area contributed by atoms with Gasteiger partial charge in [0.15, 0.2) is 0 Å². The lowest BCUT2D eigenvalue weighted by Crippen LogP contribution is -2.10. The van der Waals surface area contributed by atoms with Crippen molar-refractivity contribution < 1.29 is 0 Å². The van der Waals surface area contributed by atoms with Crippen LogP contribution in [0.15, 0.2) is 18.2 Å². The van der Waals surface area contributed by atoms with Crippen LogP contribution >= 0.6 is 23.2 Å². The lowest BCUT2D eigenvalue weighted by atomic mass is 10.1. The van der Waals surface area contributed by atoms with E-state index in [1.54, 1.807) is 0 Å². The van der Waals surface area contributed by atoms with Gasteiger partial charge in [-0.2, -0.15) is 0 Å². The maximum Gasteiger partial charge on any atom is 0.127 e. The molecule has 0 N–H and O–H groups in total. The summed E-state index contributed by atoms with van der Waals surface area (Å²) in [5.74, 6) is 1.53. The van der Waals surface area contributed by atoms with E-state index >= 15 is 0 Å². The van der Waals surface area contributed by atoms with Crippen LogP contribution < -0.4 is 0 Å². The van der Waals surface area contributed by atoms with Gasteiger partial charge in [-0.05, 0) is 31.0 Å². The minimum atomic E-state index is -0.0970. The number of benzene rings is 1. The van der Waals surface area contributed by atoms with Crippen molar-refractivity contribution in [1.82, 2.24) is 9.55 Å². The smallest absolute Gasteiger partial charge is 0.127 e. The number of fused-ring (bicyclic) bond motifs is 1. The molecule has 2 aromatic rings. The molecule has 0 saturated carbocycles. The van der Waals surface area contributed by atoms with Crippen molar-refractivity contribution >= 4 is 34.2 Å². The predicted molar refractivity (Wildman–Crippen MR) is 78.5 cm³/mol. The van der Waals surface area contributed by atoms with Crippen molar-refractivity contribution in [3.05, 3.63) is 29.0 Å². The highest BCUT2D eigenvalue weighted by atomic mass is 35.5. The molecule has 1 aromatic carbocycles. The predicted octanol–water partition coefficient (Wildman–Crippen LogP) is 5.04. The fourth-order valence-electron chi connectivity index (χ4n) is 2.06. The first-order chi connectivity index (χ1) is 8.52. The molecule has 98 valence electrons. The zero-order valence-corrected chi connectivity index (χ0v) is 12.5. The first-order valence-corrected chi connectivity index (χ1v) is 7.14. The van der Waals surface area contributed by atoms with E-state index in [4.69, 9.17) is 23.2 Å². The van der Waals surface area contributed by atoms with Gasteiger partial charge in [-0.1, -0.05) is 31.9 Å². The van der Waals surface area contributed by atoms with Crippen LogP contribution in [-0.2, 0) is 6.54 Å². The van der Waals surface area contributed by atoms with Crippen molar-refractivity contribution in [1.29, 1.82) is 0 Å². The van der Waals surface area contributed by atoms with E-state index in [-0.39, 0.29) is 5.38 Å². The third-order valence-electron chi connectivity index (χ3n) is 3.29. The SMILES string of the molecule is CCC(C)Cn1c(C(C)Cl)nc2cc(Cl)ccc21. The standard InChI is InChI=1S/C14H18Cl2N2/c1-4-9(2)8-18-13-6-5-11(16)7-12(13)17-14(18)10(3)15/h5-7,9-10H,4,8H2,1-3H3. The van der Waals surface area contributed by atoms with E-state index in [1.807, 2.05) is 25.1 Å². The molecule has 1 aromatic heterocycles. The summed E-state index contributed by atoms with van der Waals surface area (Å²) < 4.78 is 2.22. The molecular formula is C14H18Cl2N2. The van der Waals surface area contributed by atoms with Crippen molar-refractivity contribution in [3.63, 3.8) is 0 Å². The minimum Gasteiger partial charge on any atom is -0.326 e. The molecule has 2 unspecified atom stereocenters. The lowest BCUT2D eigenvalue weighted by molar-refractivity contribution is 0.465. The zero-order chi connectivity index (χ0) is 13.3. The molecular weight excluding hydrogens is 267 g/mol. The topological polar surface area (TPSA) is 17.8 Å². The summed E-state index contributed by atoms with van der Waals surface area (Å²) in [6.07, 6.45) is 1.14. The molecule has 0 bridgehead atoms. The van der Waals surface area contributed by atoms with Gasteiger partial charge in [-0.3, -0.25) is 0 Å². The van der Waals surface area contributed by atoms with E-state index in [1.165, 1.54) is 0 Å². The molecule has 0 radical (unpaired) electrons. The van der Waals surface area contributed by atoms with Crippen LogP contribution in [-0.4, -0.2) is 9.55 Å². The average molecular weight is 285 g/mol. The average Bonchev–Trinajstić information content (AvgIpc) is 2.67. The van der Waals surface area contributed by atoms with Crippen molar-refractivity contribution in [2.75, 3.05) is 0 Å². The Balaban J connectivity index is 2.55. The van der Waals surface area contributed by atoms with Gasteiger partial charge in [0.1, 0.15) is 5.82 Å². The summed E-state index contributed by atoms with van der Waals surface area (Å²) in [5, 5.41) is 0.615. The summed E-state index contributed by atoms with van der Waals surface area (Å²) in [6, 6.07) is 5.82. The van der Waals surface area contributed by atoms with E-state index < -0.39 is 0 Å².